The van der Waals surface area contributed by atoms with Gasteiger partial charge in [-0.3, -0.25) is 0 Å². The molecular formula is C31H31BO2. The predicted octanol–water partition coefficient (Wildman–Crippen LogP) is 7.14. The molecule has 170 valence electrons. The van der Waals surface area contributed by atoms with Crippen LogP contribution in [0, 0.1) is 5.92 Å². The smallest absolute Gasteiger partial charge is 0.399 e. The van der Waals surface area contributed by atoms with Gasteiger partial charge >= 0.3 is 7.12 Å². The molecule has 0 saturated carbocycles. The Hall–Kier alpha value is -2.88. The molecule has 0 aromatic heterocycles. The molecule has 0 spiro atoms. The topological polar surface area (TPSA) is 18.5 Å². The molecule has 2 nitrogen and oxygen atoms in total. The zero-order chi connectivity index (χ0) is 23.7. The Balaban J connectivity index is 1.66. The Morgan fingerprint density at radius 2 is 1.29 bits per heavy atom. The zero-order valence-corrected chi connectivity index (χ0v) is 20.7. The van der Waals surface area contributed by atoms with Crippen LogP contribution < -0.4 is 5.46 Å². The first kappa shape index (κ1) is 21.6. The van der Waals surface area contributed by atoms with Crippen molar-refractivity contribution in [1.82, 2.24) is 0 Å². The van der Waals surface area contributed by atoms with Crippen molar-refractivity contribution >= 4 is 39.7 Å². The van der Waals surface area contributed by atoms with Crippen molar-refractivity contribution < 1.29 is 9.31 Å². The van der Waals surface area contributed by atoms with Gasteiger partial charge in [0.25, 0.3) is 0 Å². The SMILES string of the molecule is CC1=CC=C(c2c3ccccc3c(B3OC(C)(C)C(C)(C)O3)c3ccccc23)C2CC=CC=C12. The number of rotatable bonds is 2. The van der Waals surface area contributed by atoms with E-state index in [2.05, 4.69) is 114 Å². The molecule has 3 aromatic carbocycles. The van der Waals surface area contributed by atoms with Crippen LogP contribution >= 0.6 is 0 Å². The molecule has 3 heteroatoms. The van der Waals surface area contributed by atoms with E-state index in [-0.39, 0.29) is 11.2 Å². The molecule has 1 fully saturated rings. The van der Waals surface area contributed by atoms with Crippen LogP contribution in [0.4, 0.5) is 0 Å². The van der Waals surface area contributed by atoms with Crippen molar-refractivity contribution in [1.29, 1.82) is 0 Å². The molecular weight excluding hydrogens is 415 g/mol. The normalized spacial score (nSPS) is 23.0. The van der Waals surface area contributed by atoms with Crippen molar-refractivity contribution in [3.05, 3.63) is 95.6 Å². The van der Waals surface area contributed by atoms with Crippen LogP contribution in [0.15, 0.2) is 90.1 Å². The third kappa shape index (κ3) is 3.11. The third-order valence-corrected chi connectivity index (χ3v) is 8.25. The van der Waals surface area contributed by atoms with E-state index in [4.69, 9.17) is 9.31 Å². The number of fused-ring (bicyclic) bond motifs is 3. The second-order valence-electron chi connectivity index (χ2n) is 10.8. The van der Waals surface area contributed by atoms with Gasteiger partial charge in [0.05, 0.1) is 11.2 Å². The second kappa shape index (κ2) is 7.56. The summed E-state index contributed by atoms with van der Waals surface area (Å²) in [5, 5.41) is 4.94. The first-order chi connectivity index (χ1) is 16.3. The lowest BCUT2D eigenvalue weighted by Gasteiger charge is -2.32. The van der Waals surface area contributed by atoms with Crippen LogP contribution in [0.5, 0.6) is 0 Å². The maximum absolute atomic E-state index is 6.59. The van der Waals surface area contributed by atoms with Gasteiger partial charge in [-0.2, -0.15) is 0 Å². The summed E-state index contributed by atoms with van der Waals surface area (Å²) >= 11 is 0. The Morgan fingerprint density at radius 3 is 1.88 bits per heavy atom. The molecule has 3 aromatic rings. The Morgan fingerprint density at radius 1 is 0.735 bits per heavy atom. The molecule has 3 aliphatic rings. The molecule has 0 N–H and O–H groups in total. The fourth-order valence-electron chi connectivity index (χ4n) is 5.70. The fraction of sp³-hybridized carbons (Fsp3) is 0.290. The Labute approximate surface area is 202 Å². The van der Waals surface area contributed by atoms with Crippen molar-refractivity contribution in [2.24, 2.45) is 5.92 Å². The summed E-state index contributed by atoms with van der Waals surface area (Å²) in [7, 11) is -0.413. The summed E-state index contributed by atoms with van der Waals surface area (Å²) in [4.78, 5) is 0. The van der Waals surface area contributed by atoms with Crippen LogP contribution in [0.2, 0.25) is 0 Å². The first-order valence-corrected chi connectivity index (χ1v) is 12.3. The van der Waals surface area contributed by atoms with Gasteiger partial charge in [-0.05, 0) is 90.3 Å². The summed E-state index contributed by atoms with van der Waals surface area (Å²) in [5.74, 6) is 0.379. The average molecular weight is 446 g/mol. The van der Waals surface area contributed by atoms with E-state index in [0.717, 1.165) is 11.9 Å². The molecule has 2 aliphatic carbocycles. The number of allylic oxidation sites excluding steroid dienone is 8. The first-order valence-electron chi connectivity index (χ1n) is 12.3. The summed E-state index contributed by atoms with van der Waals surface area (Å²) < 4.78 is 13.2. The zero-order valence-electron chi connectivity index (χ0n) is 20.7. The van der Waals surface area contributed by atoms with Crippen LogP contribution in [0.25, 0.3) is 27.1 Å². The highest BCUT2D eigenvalue weighted by Gasteiger charge is 2.52. The van der Waals surface area contributed by atoms with Crippen LogP contribution in [-0.4, -0.2) is 18.3 Å². The lowest BCUT2D eigenvalue weighted by Crippen LogP contribution is -2.41. The largest absolute Gasteiger partial charge is 0.496 e. The molecule has 0 bridgehead atoms. The van der Waals surface area contributed by atoms with Gasteiger partial charge in [-0.1, -0.05) is 78.9 Å². The molecule has 1 unspecified atom stereocenters. The quantitative estimate of drug-likeness (QED) is 0.308. The highest BCUT2D eigenvalue weighted by atomic mass is 16.7. The lowest BCUT2D eigenvalue weighted by molar-refractivity contribution is 0.00578. The van der Waals surface area contributed by atoms with Crippen LogP contribution in [0.3, 0.4) is 0 Å². The van der Waals surface area contributed by atoms with Crippen LogP contribution in [0.1, 0.15) is 46.6 Å². The van der Waals surface area contributed by atoms with Crippen LogP contribution in [-0.2, 0) is 9.31 Å². The Bertz CT molecular complexity index is 1380. The highest BCUT2D eigenvalue weighted by Crippen LogP contribution is 2.45. The summed E-state index contributed by atoms with van der Waals surface area (Å²) in [6.07, 6.45) is 12.4. The van der Waals surface area contributed by atoms with Crippen molar-refractivity contribution in [3.63, 3.8) is 0 Å². The van der Waals surface area contributed by atoms with Gasteiger partial charge in [-0.25, -0.2) is 0 Å². The predicted molar refractivity (Wildman–Crippen MR) is 144 cm³/mol. The monoisotopic (exact) mass is 446 g/mol. The van der Waals surface area contributed by atoms with Crippen molar-refractivity contribution in [2.75, 3.05) is 0 Å². The maximum Gasteiger partial charge on any atom is 0.496 e. The molecule has 6 rings (SSSR count). The number of hydrogen-bond acceptors (Lipinski definition) is 2. The molecule has 0 amide bonds. The number of benzene rings is 3. The molecule has 1 atom stereocenters. The Kier molecular flexibility index (Phi) is 4.82. The van der Waals surface area contributed by atoms with Gasteiger partial charge in [0.2, 0.25) is 0 Å². The van der Waals surface area contributed by atoms with Gasteiger partial charge in [-0.15, -0.1) is 0 Å². The standard InChI is InChI=1S/C31H31BO2/c1-20-18-19-25(22-13-7-6-12-21(20)22)28-23-14-8-10-16-26(23)29(27-17-11-9-15-24(27)28)32-33-30(2,3)31(4,5)34-32/h6-12,14-19,22H,13H2,1-5H3. The second-order valence-corrected chi connectivity index (χ2v) is 10.8. The minimum absolute atomic E-state index is 0.379. The van der Waals surface area contributed by atoms with E-state index >= 15 is 0 Å². The van der Waals surface area contributed by atoms with E-state index in [1.807, 2.05) is 0 Å². The molecule has 1 aliphatic heterocycles. The minimum atomic E-state index is -0.413. The van der Waals surface area contributed by atoms with E-state index in [1.54, 1.807) is 0 Å². The highest BCUT2D eigenvalue weighted by molar-refractivity contribution is 6.68. The van der Waals surface area contributed by atoms with Gasteiger partial charge in [0.1, 0.15) is 0 Å². The van der Waals surface area contributed by atoms with E-state index in [0.29, 0.717) is 5.92 Å². The van der Waals surface area contributed by atoms with E-state index in [1.165, 1.54) is 43.8 Å². The average Bonchev–Trinajstić information content (AvgIpc) is 3.04. The van der Waals surface area contributed by atoms with Gasteiger partial charge in [0.15, 0.2) is 0 Å². The number of hydrogen-bond donors (Lipinski definition) is 0. The van der Waals surface area contributed by atoms with Crippen molar-refractivity contribution in [3.8, 4) is 0 Å². The van der Waals surface area contributed by atoms with E-state index in [9.17, 15) is 0 Å². The molecule has 34 heavy (non-hydrogen) atoms. The molecule has 1 saturated heterocycles. The van der Waals surface area contributed by atoms with E-state index < -0.39 is 7.12 Å². The molecule has 0 radical (unpaired) electrons. The van der Waals surface area contributed by atoms with Crippen molar-refractivity contribution in [2.45, 2.75) is 52.2 Å². The molecule has 1 heterocycles. The summed E-state index contributed by atoms with van der Waals surface area (Å²) in [6.45, 7) is 10.7. The minimum Gasteiger partial charge on any atom is -0.399 e. The lowest BCUT2D eigenvalue weighted by atomic mass is 9.69. The summed E-state index contributed by atoms with van der Waals surface area (Å²) in [6, 6.07) is 17.5. The van der Waals surface area contributed by atoms with Gasteiger partial charge < -0.3 is 9.31 Å². The third-order valence-electron chi connectivity index (χ3n) is 8.25. The summed E-state index contributed by atoms with van der Waals surface area (Å²) in [5.41, 5.74) is 5.89. The van der Waals surface area contributed by atoms with Gasteiger partial charge in [0, 0.05) is 5.92 Å². The maximum atomic E-state index is 6.59. The fourth-order valence-corrected chi connectivity index (χ4v) is 5.70.